The third-order valence-corrected chi connectivity index (χ3v) is 4.31. The van der Waals surface area contributed by atoms with Gasteiger partial charge in [-0.15, -0.1) is 0 Å². The van der Waals surface area contributed by atoms with Gasteiger partial charge in [-0.1, -0.05) is 13.8 Å². The van der Waals surface area contributed by atoms with Crippen molar-refractivity contribution >= 4 is 5.91 Å². The van der Waals surface area contributed by atoms with Gasteiger partial charge in [-0.25, -0.2) is 0 Å². The van der Waals surface area contributed by atoms with E-state index in [2.05, 4.69) is 13.8 Å². The quantitative estimate of drug-likeness (QED) is 0.710. The molecule has 0 aromatic rings. The van der Waals surface area contributed by atoms with Gasteiger partial charge in [-0.3, -0.25) is 4.79 Å². The van der Waals surface area contributed by atoms with Crippen molar-refractivity contribution in [3.8, 4) is 0 Å². The van der Waals surface area contributed by atoms with Gasteiger partial charge in [0.1, 0.15) is 0 Å². The lowest BCUT2D eigenvalue weighted by molar-refractivity contribution is -0.148. The number of carbonyl (C=O) groups excluding carboxylic acids is 1. The second-order valence-corrected chi connectivity index (χ2v) is 5.60. The molecule has 2 N–H and O–H groups in total. The van der Waals surface area contributed by atoms with Gasteiger partial charge in [0.15, 0.2) is 0 Å². The van der Waals surface area contributed by atoms with Crippen LogP contribution < -0.4 is 5.73 Å². The van der Waals surface area contributed by atoms with E-state index < -0.39 is 0 Å². The Balaban J connectivity index is 1.96. The van der Waals surface area contributed by atoms with Crippen LogP contribution in [0.1, 0.15) is 39.5 Å². The molecule has 0 radical (unpaired) electrons. The fraction of sp³-hybridized carbons (Fsp3) is 0.917. The SMILES string of the molecule is CC1(C)C(N)CC1C(=O)N1CCCCC1. The van der Waals surface area contributed by atoms with Gasteiger partial charge in [0.25, 0.3) is 0 Å². The summed E-state index contributed by atoms with van der Waals surface area (Å²) in [5, 5.41) is 0. The molecular formula is C12H22N2O. The maximum Gasteiger partial charge on any atom is 0.226 e. The van der Waals surface area contributed by atoms with Crippen LogP contribution in [-0.2, 0) is 4.79 Å². The number of amides is 1. The van der Waals surface area contributed by atoms with Gasteiger partial charge >= 0.3 is 0 Å². The molecule has 1 saturated carbocycles. The summed E-state index contributed by atoms with van der Waals surface area (Å²) < 4.78 is 0. The molecule has 0 bridgehead atoms. The van der Waals surface area contributed by atoms with Crippen LogP contribution in [0, 0.1) is 11.3 Å². The first-order valence-corrected chi connectivity index (χ1v) is 6.08. The van der Waals surface area contributed by atoms with Gasteiger partial charge in [-0.05, 0) is 31.1 Å². The van der Waals surface area contributed by atoms with Crippen LogP contribution in [0.15, 0.2) is 0 Å². The molecule has 1 saturated heterocycles. The fourth-order valence-corrected chi connectivity index (χ4v) is 2.71. The van der Waals surface area contributed by atoms with E-state index in [-0.39, 0.29) is 17.4 Å². The molecule has 0 spiro atoms. The zero-order valence-electron chi connectivity index (χ0n) is 9.83. The van der Waals surface area contributed by atoms with Crippen molar-refractivity contribution in [1.29, 1.82) is 0 Å². The number of nitrogens with zero attached hydrogens (tertiary/aromatic N) is 1. The maximum absolute atomic E-state index is 12.2. The summed E-state index contributed by atoms with van der Waals surface area (Å²) in [5.41, 5.74) is 5.95. The molecule has 15 heavy (non-hydrogen) atoms. The van der Waals surface area contributed by atoms with Crippen molar-refractivity contribution in [2.24, 2.45) is 17.1 Å². The number of nitrogens with two attached hydrogens (primary N) is 1. The topological polar surface area (TPSA) is 46.3 Å². The molecule has 1 aliphatic carbocycles. The number of hydrogen-bond acceptors (Lipinski definition) is 2. The van der Waals surface area contributed by atoms with Gasteiger partial charge in [0.2, 0.25) is 5.91 Å². The molecule has 3 heteroatoms. The second-order valence-electron chi connectivity index (χ2n) is 5.60. The van der Waals surface area contributed by atoms with Crippen molar-refractivity contribution in [1.82, 2.24) is 4.90 Å². The number of rotatable bonds is 1. The molecule has 1 amide bonds. The van der Waals surface area contributed by atoms with Crippen molar-refractivity contribution in [2.75, 3.05) is 13.1 Å². The molecule has 2 fully saturated rings. The lowest BCUT2D eigenvalue weighted by Gasteiger charge is -2.51. The van der Waals surface area contributed by atoms with E-state index in [0.717, 1.165) is 19.5 Å². The minimum Gasteiger partial charge on any atom is -0.342 e. The Hall–Kier alpha value is -0.570. The third-order valence-electron chi connectivity index (χ3n) is 4.31. The highest BCUT2D eigenvalue weighted by Crippen LogP contribution is 2.46. The monoisotopic (exact) mass is 210 g/mol. The maximum atomic E-state index is 12.2. The van der Waals surface area contributed by atoms with Crippen LogP contribution >= 0.6 is 0 Å². The number of carbonyl (C=O) groups is 1. The standard InChI is InChI=1S/C12H22N2O/c1-12(2)9(8-10(12)13)11(15)14-6-4-3-5-7-14/h9-10H,3-8,13H2,1-2H3. The van der Waals surface area contributed by atoms with Crippen LogP contribution in [0.5, 0.6) is 0 Å². The zero-order chi connectivity index (χ0) is 11.1. The Kier molecular flexibility index (Phi) is 2.75. The Labute approximate surface area is 92.0 Å². The summed E-state index contributed by atoms with van der Waals surface area (Å²) in [4.78, 5) is 14.3. The first-order valence-electron chi connectivity index (χ1n) is 6.08. The molecule has 86 valence electrons. The lowest BCUT2D eigenvalue weighted by Crippen LogP contribution is -2.60. The molecule has 2 rings (SSSR count). The van der Waals surface area contributed by atoms with Gasteiger partial charge in [0.05, 0.1) is 0 Å². The highest BCUT2D eigenvalue weighted by atomic mass is 16.2. The smallest absolute Gasteiger partial charge is 0.226 e. The van der Waals surface area contributed by atoms with Crippen molar-refractivity contribution in [3.05, 3.63) is 0 Å². The first kappa shape index (κ1) is 10.9. The molecule has 2 unspecified atom stereocenters. The predicted octanol–water partition coefficient (Wildman–Crippen LogP) is 1.37. The van der Waals surface area contributed by atoms with Crippen LogP contribution in [0.3, 0.4) is 0 Å². The van der Waals surface area contributed by atoms with Crippen molar-refractivity contribution in [2.45, 2.75) is 45.6 Å². The third kappa shape index (κ3) is 1.78. The van der Waals surface area contributed by atoms with Crippen LogP contribution in [-0.4, -0.2) is 29.9 Å². The molecule has 2 aliphatic rings. The molecule has 0 aromatic carbocycles. The molecule has 1 aliphatic heterocycles. The van der Waals surface area contributed by atoms with E-state index in [1.165, 1.54) is 19.3 Å². The molecular weight excluding hydrogens is 188 g/mol. The Bertz CT molecular complexity index is 256. The highest BCUT2D eigenvalue weighted by Gasteiger charge is 2.50. The van der Waals surface area contributed by atoms with Crippen LogP contribution in [0.25, 0.3) is 0 Å². The summed E-state index contributed by atoms with van der Waals surface area (Å²) >= 11 is 0. The largest absolute Gasteiger partial charge is 0.342 e. The summed E-state index contributed by atoms with van der Waals surface area (Å²) in [5.74, 6) is 0.520. The zero-order valence-corrected chi connectivity index (χ0v) is 9.83. The summed E-state index contributed by atoms with van der Waals surface area (Å²) in [6.07, 6.45) is 4.50. The van der Waals surface area contributed by atoms with Crippen LogP contribution in [0.2, 0.25) is 0 Å². The molecule has 1 heterocycles. The number of likely N-dealkylation sites (tertiary alicyclic amines) is 1. The Morgan fingerprint density at radius 3 is 2.33 bits per heavy atom. The highest BCUT2D eigenvalue weighted by molar-refractivity contribution is 5.81. The Morgan fingerprint density at radius 1 is 1.27 bits per heavy atom. The van der Waals surface area contributed by atoms with Gasteiger partial charge < -0.3 is 10.6 Å². The normalized spacial score (nSPS) is 34.7. The van der Waals surface area contributed by atoms with E-state index >= 15 is 0 Å². The minimum atomic E-state index is 0.00846. The predicted molar refractivity (Wildman–Crippen MR) is 60.3 cm³/mol. The number of hydrogen-bond donors (Lipinski definition) is 1. The van der Waals surface area contributed by atoms with Gasteiger partial charge in [0, 0.05) is 25.0 Å². The first-order chi connectivity index (χ1) is 7.03. The van der Waals surface area contributed by atoms with Crippen molar-refractivity contribution < 1.29 is 4.79 Å². The van der Waals surface area contributed by atoms with Gasteiger partial charge in [-0.2, -0.15) is 0 Å². The van der Waals surface area contributed by atoms with Crippen LogP contribution in [0.4, 0.5) is 0 Å². The summed E-state index contributed by atoms with van der Waals surface area (Å²) in [6, 6.07) is 0.205. The van der Waals surface area contributed by atoms with E-state index in [4.69, 9.17) is 5.73 Å². The summed E-state index contributed by atoms with van der Waals surface area (Å²) in [6.45, 7) is 6.16. The van der Waals surface area contributed by atoms with E-state index in [0.29, 0.717) is 5.91 Å². The molecule has 0 aromatic heterocycles. The van der Waals surface area contributed by atoms with E-state index in [9.17, 15) is 4.79 Å². The molecule has 2 atom stereocenters. The molecule has 3 nitrogen and oxygen atoms in total. The average molecular weight is 210 g/mol. The Morgan fingerprint density at radius 2 is 1.87 bits per heavy atom. The number of piperidine rings is 1. The minimum absolute atomic E-state index is 0.00846. The average Bonchev–Trinajstić information content (AvgIpc) is 2.26. The van der Waals surface area contributed by atoms with E-state index in [1.54, 1.807) is 0 Å². The lowest BCUT2D eigenvalue weighted by atomic mass is 9.58. The fourth-order valence-electron chi connectivity index (χ4n) is 2.71. The summed E-state index contributed by atoms with van der Waals surface area (Å²) in [7, 11) is 0. The van der Waals surface area contributed by atoms with E-state index in [1.807, 2.05) is 4.90 Å². The van der Waals surface area contributed by atoms with Crippen molar-refractivity contribution in [3.63, 3.8) is 0 Å². The second kappa shape index (κ2) is 3.78.